The van der Waals surface area contributed by atoms with E-state index in [-0.39, 0.29) is 31.1 Å². The molecule has 0 aromatic heterocycles. The summed E-state index contributed by atoms with van der Waals surface area (Å²) in [6.45, 7) is 6.38. The monoisotopic (exact) mass is 875 g/mol. The Bertz CT molecular complexity index is 1280. The number of rotatable bonds is 45. The number of carbonyl (C=O) groups excluding carboxylic acids is 3. The summed E-state index contributed by atoms with van der Waals surface area (Å²) in [6.07, 6.45) is 66.7. The molecule has 0 saturated carbocycles. The van der Waals surface area contributed by atoms with Crippen LogP contribution in [0.15, 0.2) is 97.2 Å². The smallest absolute Gasteiger partial charge is 0.306 e. The van der Waals surface area contributed by atoms with Crippen LogP contribution < -0.4 is 0 Å². The van der Waals surface area contributed by atoms with E-state index in [2.05, 4.69) is 118 Å². The lowest BCUT2D eigenvalue weighted by Crippen LogP contribution is -2.30. The van der Waals surface area contributed by atoms with Gasteiger partial charge in [-0.25, -0.2) is 0 Å². The van der Waals surface area contributed by atoms with E-state index in [1.807, 2.05) is 0 Å². The van der Waals surface area contributed by atoms with Gasteiger partial charge in [0, 0.05) is 19.3 Å². The highest BCUT2D eigenvalue weighted by atomic mass is 16.6. The fourth-order valence-electron chi connectivity index (χ4n) is 6.68. The van der Waals surface area contributed by atoms with Crippen LogP contribution >= 0.6 is 0 Å². The Kier molecular flexibility index (Phi) is 48.0. The van der Waals surface area contributed by atoms with E-state index in [1.54, 1.807) is 0 Å². The first-order chi connectivity index (χ1) is 31.0. The highest BCUT2D eigenvalue weighted by Crippen LogP contribution is 2.13. The number of esters is 3. The number of carbonyl (C=O) groups is 3. The van der Waals surface area contributed by atoms with Gasteiger partial charge in [0.05, 0.1) is 0 Å². The Morgan fingerprint density at radius 1 is 0.333 bits per heavy atom. The summed E-state index contributed by atoms with van der Waals surface area (Å²) in [5.74, 6) is -0.959. The van der Waals surface area contributed by atoms with Crippen LogP contribution in [0.25, 0.3) is 0 Å². The molecule has 0 bridgehead atoms. The molecule has 0 saturated heterocycles. The van der Waals surface area contributed by atoms with Crippen LogP contribution in [-0.2, 0) is 28.6 Å². The molecule has 0 aliphatic carbocycles. The van der Waals surface area contributed by atoms with Crippen LogP contribution in [0, 0.1) is 0 Å². The summed E-state index contributed by atoms with van der Waals surface area (Å²) in [6, 6.07) is 0. The number of ether oxygens (including phenoxy) is 3. The lowest BCUT2D eigenvalue weighted by atomic mass is 10.1. The van der Waals surface area contributed by atoms with Crippen molar-refractivity contribution < 1.29 is 28.6 Å². The van der Waals surface area contributed by atoms with E-state index in [4.69, 9.17) is 14.2 Å². The minimum absolute atomic E-state index is 0.0994. The van der Waals surface area contributed by atoms with Crippen LogP contribution in [0.4, 0.5) is 0 Å². The molecule has 6 nitrogen and oxygen atoms in total. The van der Waals surface area contributed by atoms with Gasteiger partial charge in [0.2, 0.25) is 0 Å². The van der Waals surface area contributed by atoms with Gasteiger partial charge in [-0.1, -0.05) is 189 Å². The normalized spacial score (nSPS) is 12.9. The first-order valence-electron chi connectivity index (χ1n) is 25.7. The maximum Gasteiger partial charge on any atom is 0.306 e. The Morgan fingerprint density at radius 2 is 0.651 bits per heavy atom. The van der Waals surface area contributed by atoms with E-state index in [0.717, 1.165) is 141 Å². The summed E-state index contributed by atoms with van der Waals surface area (Å²) >= 11 is 0. The predicted octanol–water partition coefficient (Wildman–Crippen LogP) is 17.0. The van der Waals surface area contributed by atoms with Crippen LogP contribution in [-0.4, -0.2) is 37.2 Å². The Morgan fingerprint density at radius 3 is 1.06 bits per heavy atom. The third-order valence-electron chi connectivity index (χ3n) is 10.5. The molecule has 0 spiro atoms. The molecule has 6 heteroatoms. The Labute approximate surface area is 387 Å². The highest BCUT2D eigenvalue weighted by molar-refractivity contribution is 5.71. The molecule has 1 atom stereocenters. The maximum atomic E-state index is 12.8. The van der Waals surface area contributed by atoms with Crippen molar-refractivity contribution >= 4 is 17.9 Å². The quantitative estimate of drug-likeness (QED) is 0.0262. The fraction of sp³-hybridized carbons (Fsp3) is 0.667. The lowest BCUT2D eigenvalue weighted by Gasteiger charge is -2.18. The van der Waals surface area contributed by atoms with Gasteiger partial charge in [-0.2, -0.15) is 0 Å². The van der Waals surface area contributed by atoms with Crippen molar-refractivity contribution in [2.75, 3.05) is 13.2 Å². The Balaban J connectivity index is 4.47. The molecule has 0 amide bonds. The van der Waals surface area contributed by atoms with Gasteiger partial charge in [-0.15, -0.1) is 0 Å². The summed E-state index contributed by atoms with van der Waals surface area (Å²) < 4.78 is 16.7. The predicted molar refractivity (Wildman–Crippen MR) is 270 cm³/mol. The van der Waals surface area contributed by atoms with Crippen molar-refractivity contribution in [1.82, 2.24) is 0 Å². The van der Waals surface area contributed by atoms with Gasteiger partial charge in [0.15, 0.2) is 6.10 Å². The molecule has 0 radical (unpaired) electrons. The topological polar surface area (TPSA) is 78.9 Å². The second-order valence-corrected chi connectivity index (χ2v) is 16.7. The summed E-state index contributed by atoms with van der Waals surface area (Å²) in [4.78, 5) is 38.0. The van der Waals surface area contributed by atoms with Crippen molar-refractivity contribution in [3.8, 4) is 0 Å². The van der Waals surface area contributed by atoms with Gasteiger partial charge in [0.25, 0.3) is 0 Å². The standard InChI is InChI=1S/C57H94O6/c1-4-7-10-13-16-19-22-25-26-27-28-29-30-33-35-38-41-44-47-50-56(59)62-53-54(63-57(60)51-48-45-42-39-36-32-24-21-18-15-12-9-6-3)52-61-55(58)49-46-43-40-37-34-31-23-20-17-14-11-8-5-2/h7,10,12,15-16,19-21,23-26,28-29,33,35,54H,4-6,8-9,11,13-14,17-18,22,27,30-32,34,36-53H2,1-3H3/b10-7-,15-12-,19-16-,23-20-,24-21-,26-25-,29-28-,35-33-. The summed E-state index contributed by atoms with van der Waals surface area (Å²) in [7, 11) is 0. The van der Waals surface area contributed by atoms with Crippen LogP contribution in [0.1, 0.15) is 226 Å². The van der Waals surface area contributed by atoms with Crippen LogP contribution in [0.3, 0.4) is 0 Å². The van der Waals surface area contributed by atoms with Crippen LogP contribution in [0.5, 0.6) is 0 Å². The number of hydrogen-bond acceptors (Lipinski definition) is 6. The average molecular weight is 875 g/mol. The molecule has 0 N–H and O–H groups in total. The van der Waals surface area contributed by atoms with Crippen molar-refractivity contribution in [3.63, 3.8) is 0 Å². The third kappa shape index (κ3) is 49.2. The molecule has 0 rings (SSSR count). The lowest BCUT2D eigenvalue weighted by molar-refractivity contribution is -0.167. The van der Waals surface area contributed by atoms with Gasteiger partial charge in [-0.05, 0) is 116 Å². The van der Waals surface area contributed by atoms with E-state index in [9.17, 15) is 14.4 Å². The molecular weight excluding hydrogens is 781 g/mol. The van der Waals surface area contributed by atoms with Gasteiger partial charge in [0.1, 0.15) is 13.2 Å². The first-order valence-corrected chi connectivity index (χ1v) is 25.7. The van der Waals surface area contributed by atoms with Gasteiger partial charge in [-0.3, -0.25) is 14.4 Å². The van der Waals surface area contributed by atoms with E-state index >= 15 is 0 Å². The minimum Gasteiger partial charge on any atom is -0.462 e. The molecule has 0 aliphatic heterocycles. The second-order valence-electron chi connectivity index (χ2n) is 16.7. The number of hydrogen-bond donors (Lipinski definition) is 0. The highest BCUT2D eigenvalue weighted by Gasteiger charge is 2.19. The molecular formula is C57H94O6. The summed E-state index contributed by atoms with van der Waals surface area (Å²) in [5.41, 5.74) is 0. The van der Waals surface area contributed by atoms with Gasteiger partial charge < -0.3 is 14.2 Å². The van der Waals surface area contributed by atoms with E-state index in [1.165, 1.54) is 44.9 Å². The third-order valence-corrected chi connectivity index (χ3v) is 10.5. The number of allylic oxidation sites excluding steroid dienone is 16. The van der Waals surface area contributed by atoms with Crippen molar-refractivity contribution in [2.24, 2.45) is 0 Å². The maximum absolute atomic E-state index is 12.8. The molecule has 0 aliphatic rings. The van der Waals surface area contributed by atoms with Crippen LogP contribution in [0.2, 0.25) is 0 Å². The molecule has 0 aromatic rings. The fourth-order valence-corrected chi connectivity index (χ4v) is 6.68. The SMILES string of the molecule is CC/C=C\C/C=C\C/C=C\C/C=C\C/C=C\CCCCCC(=O)OCC(COC(=O)CCCCCCC/C=C\CCCCCC)OC(=O)CCCCCCC/C=C\C/C=C\CCC. The largest absolute Gasteiger partial charge is 0.462 e. The Hall–Kier alpha value is -3.67. The van der Waals surface area contributed by atoms with Crippen molar-refractivity contribution in [3.05, 3.63) is 97.2 Å². The minimum atomic E-state index is -0.802. The average Bonchev–Trinajstić information content (AvgIpc) is 3.28. The molecule has 0 fully saturated rings. The zero-order chi connectivity index (χ0) is 45.8. The zero-order valence-corrected chi connectivity index (χ0v) is 40.8. The molecule has 63 heavy (non-hydrogen) atoms. The zero-order valence-electron chi connectivity index (χ0n) is 40.8. The van der Waals surface area contributed by atoms with Crippen molar-refractivity contribution in [1.29, 1.82) is 0 Å². The van der Waals surface area contributed by atoms with Gasteiger partial charge >= 0.3 is 17.9 Å². The second kappa shape index (κ2) is 51.0. The molecule has 0 aromatic carbocycles. The summed E-state index contributed by atoms with van der Waals surface area (Å²) in [5, 5.41) is 0. The first kappa shape index (κ1) is 59.3. The van der Waals surface area contributed by atoms with E-state index < -0.39 is 6.10 Å². The molecule has 358 valence electrons. The van der Waals surface area contributed by atoms with E-state index in [0.29, 0.717) is 19.3 Å². The molecule has 1 unspecified atom stereocenters. The van der Waals surface area contributed by atoms with Crippen molar-refractivity contribution in [2.45, 2.75) is 232 Å². The number of unbranched alkanes of at least 4 members (excludes halogenated alkanes) is 18. The molecule has 0 heterocycles.